The second-order valence-electron chi connectivity index (χ2n) is 7.85. The van der Waals surface area contributed by atoms with Crippen LogP contribution >= 0.6 is 0 Å². The Morgan fingerprint density at radius 2 is 1.97 bits per heavy atom. The minimum Gasteiger partial charge on any atom is -0.475 e. The number of nitrogens with one attached hydrogen (secondary N) is 1. The van der Waals surface area contributed by atoms with Crippen LogP contribution in [-0.4, -0.2) is 40.9 Å². The van der Waals surface area contributed by atoms with E-state index in [9.17, 15) is 9.59 Å². The predicted molar refractivity (Wildman–Crippen MR) is 112 cm³/mol. The molecule has 2 heterocycles. The Bertz CT molecular complexity index is 831. The molecule has 1 atom stereocenters. The SMILES string of the molecule is Cc1ccc(C(=O)N2CCCC(C(=O)NCc3ccc(OC(C)C)nc3)C2)cc1. The molecular weight excluding hydrogens is 366 g/mol. The lowest BCUT2D eigenvalue weighted by Crippen LogP contribution is -2.45. The van der Waals surface area contributed by atoms with Gasteiger partial charge in [-0.15, -0.1) is 0 Å². The van der Waals surface area contributed by atoms with Gasteiger partial charge in [0.25, 0.3) is 5.91 Å². The van der Waals surface area contributed by atoms with E-state index in [4.69, 9.17) is 4.74 Å². The number of benzene rings is 1. The highest BCUT2D eigenvalue weighted by atomic mass is 16.5. The summed E-state index contributed by atoms with van der Waals surface area (Å²) in [5.74, 6) is 0.364. The van der Waals surface area contributed by atoms with Crippen molar-refractivity contribution >= 4 is 11.8 Å². The normalized spacial score (nSPS) is 16.6. The molecule has 6 heteroatoms. The first-order chi connectivity index (χ1) is 13.9. The van der Waals surface area contributed by atoms with Crippen LogP contribution in [0.5, 0.6) is 5.88 Å². The fraction of sp³-hybridized carbons (Fsp3) is 0.435. The summed E-state index contributed by atoms with van der Waals surface area (Å²) in [5.41, 5.74) is 2.71. The Balaban J connectivity index is 1.52. The van der Waals surface area contributed by atoms with Crippen LogP contribution in [0.2, 0.25) is 0 Å². The molecule has 0 bridgehead atoms. The zero-order valence-corrected chi connectivity index (χ0v) is 17.4. The molecule has 1 N–H and O–H groups in total. The van der Waals surface area contributed by atoms with Gasteiger partial charge < -0.3 is 15.0 Å². The number of carbonyl (C=O) groups excluding carboxylic acids is 2. The summed E-state index contributed by atoms with van der Waals surface area (Å²) in [6, 6.07) is 11.3. The summed E-state index contributed by atoms with van der Waals surface area (Å²) in [5, 5.41) is 2.98. The number of likely N-dealkylation sites (tertiary alicyclic amines) is 1. The van der Waals surface area contributed by atoms with E-state index in [2.05, 4.69) is 10.3 Å². The van der Waals surface area contributed by atoms with Crippen LogP contribution in [0.25, 0.3) is 0 Å². The van der Waals surface area contributed by atoms with Crippen LogP contribution in [0, 0.1) is 12.8 Å². The predicted octanol–water partition coefficient (Wildman–Crippen LogP) is 3.35. The van der Waals surface area contributed by atoms with Crippen molar-refractivity contribution < 1.29 is 14.3 Å². The fourth-order valence-corrected chi connectivity index (χ4v) is 3.41. The van der Waals surface area contributed by atoms with Gasteiger partial charge in [-0.3, -0.25) is 9.59 Å². The molecule has 2 amide bonds. The number of rotatable bonds is 6. The Morgan fingerprint density at radius 3 is 2.62 bits per heavy atom. The first kappa shape index (κ1) is 20.8. The summed E-state index contributed by atoms with van der Waals surface area (Å²) in [4.78, 5) is 31.4. The van der Waals surface area contributed by atoms with E-state index in [0.29, 0.717) is 31.1 Å². The molecule has 2 aromatic rings. The number of carbonyl (C=O) groups is 2. The minimum atomic E-state index is -0.186. The maximum absolute atomic E-state index is 12.7. The van der Waals surface area contributed by atoms with Crippen molar-refractivity contribution in [3.63, 3.8) is 0 Å². The fourth-order valence-electron chi connectivity index (χ4n) is 3.41. The highest BCUT2D eigenvalue weighted by Gasteiger charge is 2.28. The van der Waals surface area contributed by atoms with Gasteiger partial charge in [0.2, 0.25) is 11.8 Å². The van der Waals surface area contributed by atoms with Gasteiger partial charge in [-0.1, -0.05) is 23.8 Å². The number of hydrogen-bond acceptors (Lipinski definition) is 4. The molecule has 6 nitrogen and oxygen atoms in total. The third-order valence-electron chi connectivity index (χ3n) is 5.00. The molecule has 29 heavy (non-hydrogen) atoms. The summed E-state index contributed by atoms with van der Waals surface area (Å²) >= 11 is 0. The topological polar surface area (TPSA) is 71.5 Å². The van der Waals surface area contributed by atoms with Gasteiger partial charge in [0, 0.05) is 37.5 Å². The maximum Gasteiger partial charge on any atom is 0.253 e. The van der Waals surface area contributed by atoms with E-state index < -0.39 is 0 Å². The Morgan fingerprint density at radius 1 is 1.21 bits per heavy atom. The second-order valence-corrected chi connectivity index (χ2v) is 7.85. The number of aromatic nitrogens is 1. The first-order valence-electron chi connectivity index (χ1n) is 10.2. The molecular formula is C23H29N3O3. The molecule has 1 aromatic carbocycles. The zero-order chi connectivity index (χ0) is 20.8. The smallest absolute Gasteiger partial charge is 0.253 e. The quantitative estimate of drug-likeness (QED) is 0.814. The number of pyridine rings is 1. The third kappa shape index (κ3) is 5.79. The molecule has 1 unspecified atom stereocenters. The molecule has 154 valence electrons. The minimum absolute atomic E-state index is 0.00700. The number of nitrogens with zero attached hydrogens (tertiary/aromatic N) is 2. The van der Waals surface area contributed by atoms with Gasteiger partial charge in [-0.25, -0.2) is 4.98 Å². The van der Waals surface area contributed by atoms with Gasteiger partial charge >= 0.3 is 0 Å². The van der Waals surface area contributed by atoms with Crippen molar-refractivity contribution in [2.24, 2.45) is 5.92 Å². The molecule has 0 radical (unpaired) electrons. The second kappa shape index (κ2) is 9.54. The lowest BCUT2D eigenvalue weighted by atomic mass is 9.96. The maximum atomic E-state index is 12.7. The first-order valence-corrected chi connectivity index (χ1v) is 10.2. The van der Waals surface area contributed by atoms with Crippen molar-refractivity contribution in [2.75, 3.05) is 13.1 Å². The van der Waals surface area contributed by atoms with Gasteiger partial charge in [0.05, 0.1) is 12.0 Å². The number of hydrogen-bond donors (Lipinski definition) is 1. The van der Waals surface area contributed by atoms with E-state index in [-0.39, 0.29) is 23.8 Å². The number of piperidine rings is 1. The molecule has 0 spiro atoms. The molecule has 3 rings (SSSR count). The lowest BCUT2D eigenvalue weighted by molar-refractivity contribution is -0.126. The van der Waals surface area contributed by atoms with Crippen LogP contribution in [0.4, 0.5) is 0 Å². The molecule has 1 aromatic heterocycles. The van der Waals surface area contributed by atoms with Crippen LogP contribution in [0.1, 0.15) is 48.2 Å². The van der Waals surface area contributed by atoms with Crippen LogP contribution in [-0.2, 0) is 11.3 Å². The number of aryl methyl sites for hydroxylation is 1. The Hall–Kier alpha value is -2.89. The summed E-state index contributed by atoms with van der Waals surface area (Å²) in [6.45, 7) is 7.46. The molecule has 1 aliphatic rings. The van der Waals surface area contributed by atoms with Crippen molar-refractivity contribution in [3.05, 3.63) is 59.3 Å². The van der Waals surface area contributed by atoms with Crippen LogP contribution in [0.3, 0.4) is 0 Å². The molecule has 1 fully saturated rings. The highest BCUT2D eigenvalue weighted by molar-refractivity contribution is 5.94. The van der Waals surface area contributed by atoms with Gasteiger partial charge in [-0.05, 0) is 51.3 Å². The number of amides is 2. The molecule has 1 saturated heterocycles. The van der Waals surface area contributed by atoms with Gasteiger partial charge in [-0.2, -0.15) is 0 Å². The summed E-state index contributed by atoms with van der Waals surface area (Å²) in [6.07, 6.45) is 3.41. The third-order valence-corrected chi connectivity index (χ3v) is 5.00. The van der Waals surface area contributed by atoms with E-state index in [1.165, 1.54) is 0 Å². The lowest BCUT2D eigenvalue weighted by Gasteiger charge is -2.32. The molecule has 0 aliphatic carbocycles. The van der Waals surface area contributed by atoms with Crippen molar-refractivity contribution in [1.29, 1.82) is 0 Å². The zero-order valence-electron chi connectivity index (χ0n) is 17.4. The van der Waals surface area contributed by atoms with E-state index >= 15 is 0 Å². The average molecular weight is 396 g/mol. The standard InChI is InChI=1S/C23H29N3O3/c1-16(2)29-21-11-8-18(13-24-21)14-25-22(27)20-5-4-12-26(15-20)23(28)19-9-6-17(3)7-10-19/h6-11,13,16,20H,4-5,12,14-15H2,1-3H3,(H,25,27). The summed E-state index contributed by atoms with van der Waals surface area (Å²) < 4.78 is 5.53. The highest BCUT2D eigenvalue weighted by Crippen LogP contribution is 2.19. The Kier molecular flexibility index (Phi) is 6.86. The molecule has 1 aliphatic heterocycles. The van der Waals surface area contributed by atoms with Crippen molar-refractivity contribution in [3.8, 4) is 5.88 Å². The largest absolute Gasteiger partial charge is 0.475 e. The summed E-state index contributed by atoms with van der Waals surface area (Å²) in [7, 11) is 0. The van der Waals surface area contributed by atoms with E-state index in [1.54, 1.807) is 11.1 Å². The van der Waals surface area contributed by atoms with Gasteiger partial charge in [0.15, 0.2) is 0 Å². The van der Waals surface area contributed by atoms with E-state index in [0.717, 1.165) is 24.0 Å². The average Bonchev–Trinajstić information content (AvgIpc) is 2.73. The van der Waals surface area contributed by atoms with Crippen LogP contribution < -0.4 is 10.1 Å². The molecule has 0 saturated carbocycles. The van der Waals surface area contributed by atoms with E-state index in [1.807, 2.05) is 57.2 Å². The van der Waals surface area contributed by atoms with Gasteiger partial charge in [0.1, 0.15) is 0 Å². The van der Waals surface area contributed by atoms with Crippen LogP contribution in [0.15, 0.2) is 42.6 Å². The van der Waals surface area contributed by atoms with Crippen molar-refractivity contribution in [2.45, 2.75) is 46.3 Å². The van der Waals surface area contributed by atoms with Crippen molar-refractivity contribution in [1.82, 2.24) is 15.2 Å². The number of ether oxygens (including phenoxy) is 1. The Labute approximate surface area is 172 Å². The monoisotopic (exact) mass is 395 g/mol.